The molecule has 0 amide bonds. The molecule has 23 heavy (non-hydrogen) atoms. The van der Waals surface area contributed by atoms with Crippen molar-refractivity contribution in [2.45, 2.75) is 25.3 Å². The minimum absolute atomic E-state index is 0.150. The maximum atomic E-state index is 11.9. The first-order chi connectivity index (χ1) is 11.2. The van der Waals surface area contributed by atoms with Gasteiger partial charge in [0.1, 0.15) is 10.2 Å². The van der Waals surface area contributed by atoms with E-state index in [1.165, 1.54) is 23.9 Å². The molecule has 1 saturated heterocycles. The Morgan fingerprint density at radius 3 is 2.87 bits per heavy atom. The lowest BCUT2D eigenvalue weighted by Gasteiger charge is -2.33. The molecule has 2 aromatic rings. The maximum Gasteiger partial charge on any atom is 0.282 e. The summed E-state index contributed by atoms with van der Waals surface area (Å²) in [6.07, 6.45) is 7.10. The standard InChI is InChI=1S/C16H21BrN4O2/c1-20-16(22)15(17)12(10-19-20)18-11-13(14-6-5-9-23-14)21-7-3-2-4-8-21/h5-6,9-10,13,18H,2-4,7-8,11H2,1H3. The molecule has 1 aliphatic rings. The lowest BCUT2D eigenvalue weighted by Crippen LogP contribution is -2.37. The Labute approximate surface area is 143 Å². The Bertz CT molecular complexity index is 693. The lowest BCUT2D eigenvalue weighted by atomic mass is 10.1. The average molecular weight is 381 g/mol. The molecule has 1 fully saturated rings. The van der Waals surface area contributed by atoms with Gasteiger partial charge in [-0.25, -0.2) is 4.68 Å². The summed E-state index contributed by atoms with van der Waals surface area (Å²) in [5.41, 5.74) is 0.559. The highest BCUT2D eigenvalue weighted by molar-refractivity contribution is 9.10. The van der Waals surface area contributed by atoms with Gasteiger partial charge in [0.15, 0.2) is 0 Å². The predicted octanol–water partition coefficient (Wildman–Crippen LogP) is 2.77. The van der Waals surface area contributed by atoms with Gasteiger partial charge in [-0.05, 0) is 54.0 Å². The van der Waals surface area contributed by atoms with Crippen LogP contribution in [0.25, 0.3) is 0 Å². The summed E-state index contributed by atoms with van der Waals surface area (Å²) < 4.78 is 7.45. The summed E-state index contributed by atoms with van der Waals surface area (Å²) in [4.78, 5) is 14.4. The Morgan fingerprint density at radius 1 is 1.39 bits per heavy atom. The predicted molar refractivity (Wildman–Crippen MR) is 92.5 cm³/mol. The van der Waals surface area contributed by atoms with Crippen LogP contribution in [-0.4, -0.2) is 34.3 Å². The number of likely N-dealkylation sites (tertiary alicyclic amines) is 1. The van der Waals surface area contributed by atoms with E-state index in [-0.39, 0.29) is 11.6 Å². The monoisotopic (exact) mass is 380 g/mol. The van der Waals surface area contributed by atoms with Crippen molar-refractivity contribution in [3.05, 3.63) is 45.2 Å². The second-order valence-electron chi connectivity index (χ2n) is 5.81. The van der Waals surface area contributed by atoms with E-state index in [9.17, 15) is 4.79 Å². The maximum absolute atomic E-state index is 11.9. The number of rotatable bonds is 5. The first-order valence-electron chi connectivity index (χ1n) is 7.90. The second-order valence-corrected chi connectivity index (χ2v) is 6.60. The fourth-order valence-corrected chi connectivity index (χ4v) is 3.46. The van der Waals surface area contributed by atoms with Crippen LogP contribution in [0, 0.1) is 0 Å². The number of hydrogen-bond donors (Lipinski definition) is 1. The molecular formula is C16H21BrN4O2. The third-order valence-corrected chi connectivity index (χ3v) is 5.03. The van der Waals surface area contributed by atoms with Crippen LogP contribution in [0.4, 0.5) is 5.69 Å². The minimum atomic E-state index is -0.150. The van der Waals surface area contributed by atoms with Gasteiger partial charge in [0.2, 0.25) is 0 Å². The highest BCUT2D eigenvalue weighted by atomic mass is 79.9. The first kappa shape index (κ1) is 16.3. The Balaban J connectivity index is 1.77. The number of piperidine rings is 1. The molecule has 124 valence electrons. The molecule has 0 saturated carbocycles. The molecule has 7 heteroatoms. The molecule has 1 atom stereocenters. The van der Waals surface area contributed by atoms with Gasteiger partial charge in [-0.2, -0.15) is 5.10 Å². The van der Waals surface area contributed by atoms with Crippen LogP contribution < -0.4 is 10.9 Å². The van der Waals surface area contributed by atoms with Gasteiger partial charge in [-0.3, -0.25) is 9.69 Å². The zero-order chi connectivity index (χ0) is 16.2. The molecular weight excluding hydrogens is 360 g/mol. The highest BCUT2D eigenvalue weighted by Crippen LogP contribution is 2.26. The number of furan rings is 1. The molecule has 1 N–H and O–H groups in total. The van der Waals surface area contributed by atoms with Gasteiger partial charge in [0, 0.05) is 13.6 Å². The van der Waals surface area contributed by atoms with Gasteiger partial charge in [-0.1, -0.05) is 6.42 Å². The van der Waals surface area contributed by atoms with Crippen LogP contribution in [0.5, 0.6) is 0 Å². The number of anilines is 1. The van der Waals surface area contributed by atoms with Crippen molar-refractivity contribution in [1.82, 2.24) is 14.7 Å². The van der Waals surface area contributed by atoms with Crippen LogP contribution in [0.15, 0.2) is 38.3 Å². The van der Waals surface area contributed by atoms with Crippen molar-refractivity contribution in [1.29, 1.82) is 0 Å². The van der Waals surface area contributed by atoms with E-state index in [2.05, 4.69) is 31.2 Å². The summed E-state index contributed by atoms with van der Waals surface area (Å²) in [5, 5.41) is 7.41. The second kappa shape index (κ2) is 7.31. The summed E-state index contributed by atoms with van der Waals surface area (Å²) in [6, 6.07) is 4.08. The molecule has 0 radical (unpaired) electrons. The van der Waals surface area contributed by atoms with E-state index < -0.39 is 0 Å². The van der Waals surface area contributed by atoms with Crippen molar-refractivity contribution in [3.63, 3.8) is 0 Å². The minimum Gasteiger partial charge on any atom is -0.468 e. The number of nitrogens with one attached hydrogen (secondary N) is 1. The smallest absolute Gasteiger partial charge is 0.282 e. The molecule has 3 rings (SSSR count). The fourth-order valence-electron chi connectivity index (χ4n) is 2.96. The number of aryl methyl sites for hydroxylation is 1. The van der Waals surface area contributed by atoms with Crippen LogP contribution in [0.1, 0.15) is 31.1 Å². The van der Waals surface area contributed by atoms with Crippen molar-refractivity contribution >= 4 is 21.6 Å². The third-order valence-electron chi connectivity index (χ3n) is 4.27. The molecule has 0 bridgehead atoms. The van der Waals surface area contributed by atoms with E-state index in [0.717, 1.165) is 18.8 Å². The van der Waals surface area contributed by atoms with E-state index in [0.29, 0.717) is 16.7 Å². The van der Waals surface area contributed by atoms with Crippen molar-refractivity contribution in [2.75, 3.05) is 25.0 Å². The van der Waals surface area contributed by atoms with E-state index in [1.54, 1.807) is 19.5 Å². The topological polar surface area (TPSA) is 63.3 Å². The van der Waals surface area contributed by atoms with E-state index in [4.69, 9.17) is 4.42 Å². The third kappa shape index (κ3) is 3.67. The summed E-state index contributed by atoms with van der Waals surface area (Å²) in [5.74, 6) is 0.951. The number of hydrogen-bond acceptors (Lipinski definition) is 5. The van der Waals surface area contributed by atoms with Gasteiger partial charge < -0.3 is 9.73 Å². The molecule has 1 unspecified atom stereocenters. The summed E-state index contributed by atoms with van der Waals surface area (Å²) in [6.45, 7) is 2.81. The molecule has 0 spiro atoms. The molecule has 0 aliphatic carbocycles. The van der Waals surface area contributed by atoms with Gasteiger partial charge >= 0.3 is 0 Å². The van der Waals surface area contributed by atoms with Crippen molar-refractivity contribution in [3.8, 4) is 0 Å². The number of nitrogens with zero attached hydrogens (tertiary/aromatic N) is 3. The Hall–Kier alpha value is -1.60. The molecule has 0 aromatic carbocycles. The van der Waals surface area contributed by atoms with E-state index in [1.807, 2.05) is 12.1 Å². The van der Waals surface area contributed by atoms with Crippen LogP contribution in [-0.2, 0) is 7.05 Å². The Kier molecular flexibility index (Phi) is 5.17. The van der Waals surface area contributed by atoms with Crippen molar-refractivity contribution in [2.24, 2.45) is 7.05 Å². The average Bonchev–Trinajstić information content (AvgIpc) is 3.10. The van der Waals surface area contributed by atoms with E-state index >= 15 is 0 Å². The van der Waals surface area contributed by atoms with Crippen LogP contribution >= 0.6 is 15.9 Å². The van der Waals surface area contributed by atoms with Crippen molar-refractivity contribution < 1.29 is 4.42 Å². The van der Waals surface area contributed by atoms with Crippen LogP contribution in [0.3, 0.4) is 0 Å². The lowest BCUT2D eigenvalue weighted by molar-refractivity contribution is 0.153. The quantitative estimate of drug-likeness (QED) is 0.863. The summed E-state index contributed by atoms with van der Waals surface area (Å²) >= 11 is 3.35. The molecule has 1 aliphatic heterocycles. The van der Waals surface area contributed by atoms with Gasteiger partial charge in [-0.15, -0.1) is 0 Å². The van der Waals surface area contributed by atoms with Crippen LogP contribution in [0.2, 0.25) is 0 Å². The van der Waals surface area contributed by atoms with Gasteiger partial charge in [0.25, 0.3) is 5.56 Å². The molecule has 2 aromatic heterocycles. The zero-order valence-corrected chi connectivity index (χ0v) is 14.8. The molecule has 3 heterocycles. The normalized spacial score (nSPS) is 17.1. The zero-order valence-electron chi connectivity index (χ0n) is 13.2. The largest absolute Gasteiger partial charge is 0.468 e. The molecule has 6 nitrogen and oxygen atoms in total. The Morgan fingerprint density at radius 2 is 2.17 bits per heavy atom. The number of halogens is 1. The SMILES string of the molecule is Cn1ncc(NCC(c2ccco2)N2CCCCC2)c(Br)c1=O. The highest BCUT2D eigenvalue weighted by Gasteiger charge is 2.24. The first-order valence-corrected chi connectivity index (χ1v) is 8.69. The van der Waals surface area contributed by atoms with Gasteiger partial charge in [0.05, 0.1) is 24.2 Å². The summed E-state index contributed by atoms with van der Waals surface area (Å²) in [7, 11) is 1.64. The fraction of sp³-hybridized carbons (Fsp3) is 0.500. The number of aromatic nitrogens is 2.